The number of nitrogens with zero attached hydrogens (tertiary/aromatic N) is 2. The second kappa shape index (κ2) is 3.89. The number of nitro groups is 1. The van der Waals surface area contributed by atoms with E-state index in [1.54, 1.807) is 0 Å². The van der Waals surface area contributed by atoms with E-state index in [1.165, 1.54) is 43.1 Å². The second-order valence-electron chi connectivity index (χ2n) is 3.56. The number of carbonyl (C=O) groups is 1. The van der Waals surface area contributed by atoms with Crippen molar-refractivity contribution >= 4 is 22.4 Å². The van der Waals surface area contributed by atoms with Gasteiger partial charge in [-0.05, 0) is 6.07 Å². The van der Waals surface area contributed by atoms with Crippen molar-refractivity contribution in [2.45, 2.75) is 6.92 Å². The summed E-state index contributed by atoms with van der Waals surface area (Å²) < 4.78 is 6.41. The van der Waals surface area contributed by atoms with Crippen molar-refractivity contribution < 1.29 is 14.5 Å². The summed E-state index contributed by atoms with van der Waals surface area (Å²) in [5.74, 6) is 0.295. The van der Waals surface area contributed by atoms with Gasteiger partial charge in [0, 0.05) is 30.8 Å². The van der Waals surface area contributed by atoms with Crippen LogP contribution in [0.5, 0.6) is 5.75 Å². The lowest BCUT2D eigenvalue weighted by Gasteiger charge is -2.00. The fourth-order valence-corrected chi connectivity index (χ4v) is 1.71. The van der Waals surface area contributed by atoms with Gasteiger partial charge in [0.05, 0.1) is 17.4 Å². The molecule has 0 aliphatic carbocycles. The molecule has 6 heteroatoms. The van der Waals surface area contributed by atoms with Gasteiger partial charge in [-0.2, -0.15) is 0 Å². The van der Waals surface area contributed by atoms with Crippen molar-refractivity contribution in [1.82, 2.24) is 4.57 Å². The number of rotatable bonds is 2. The third-order valence-electron chi connectivity index (χ3n) is 2.54. The van der Waals surface area contributed by atoms with Gasteiger partial charge in [0.1, 0.15) is 5.75 Å². The van der Waals surface area contributed by atoms with Gasteiger partial charge in [-0.15, -0.1) is 0 Å². The van der Waals surface area contributed by atoms with Crippen LogP contribution in [0.4, 0.5) is 5.69 Å². The fourth-order valence-electron chi connectivity index (χ4n) is 1.71. The number of ether oxygens (including phenoxy) is 1. The van der Waals surface area contributed by atoms with E-state index >= 15 is 0 Å². The van der Waals surface area contributed by atoms with E-state index in [0.717, 1.165) is 0 Å². The molecule has 2 rings (SSSR count). The Balaban J connectivity index is 2.81. The molecule has 0 atom stereocenters. The van der Waals surface area contributed by atoms with Crippen molar-refractivity contribution in [3.05, 3.63) is 34.6 Å². The van der Waals surface area contributed by atoms with Gasteiger partial charge in [-0.1, -0.05) is 0 Å². The zero-order chi connectivity index (χ0) is 12.6. The summed E-state index contributed by atoms with van der Waals surface area (Å²) in [6.07, 6.45) is 2.97. The molecule has 0 aliphatic rings. The summed E-state index contributed by atoms with van der Waals surface area (Å²) >= 11 is 0. The highest BCUT2D eigenvalue weighted by atomic mass is 16.6. The average Bonchev–Trinajstić information content (AvgIpc) is 2.71. The molecule has 0 bridgehead atoms. The van der Waals surface area contributed by atoms with Gasteiger partial charge in [0.25, 0.3) is 5.69 Å². The lowest BCUT2D eigenvalue weighted by atomic mass is 10.2. The molecule has 0 radical (unpaired) electrons. The first kappa shape index (κ1) is 11.1. The Labute approximate surface area is 96.6 Å². The summed E-state index contributed by atoms with van der Waals surface area (Å²) in [5.41, 5.74) is -0.0409. The highest BCUT2D eigenvalue weighted by Gasteiger charge is 2.17. The van der Waals surface area contributed by atoms with Crippen LogP contribution in [0.3, 0.4) is 0 Å². The first-order valence-corrected chi connectivity index (χ1v) is 4.88. The van der Waals surface area contributed by atoms with Crippen LogP contribution >= 0.6 is 0 Å². The molecule has 0 spiro atoms. The Hall–Kier alpha value is -2.37. The van der Waals surface area contributed by atoms with E-state index in [1.807, 2.05) is 0 Å². The Morgan fingerprint density at radius 2 is 2.00 bits per heavy atom. The van der Waals surface area contributed by atoms with E-state index in [-0.39, 0.29) is 11.6 Å². The molecule has 0 fully saturated rings. The Morgan fingerprint density at radius 3 is 2.53 bits per heavy atom. The Morgan fingerprint density at radius 1 is 1.35 bits per heavy atom. The van der Waals surface area contributed by atoms with Gasteiger partial charge in [0.15, 0.2) is 0 Å². The second-order valence-corrected chi connectivity index (χ2v) is 3.56. The minimum Gasteiger partial charge on any atom is -0.496 e. The average molecular weight is 234 g/mol. The summed E-state index contributed by atoms with van der Waals surface area (Å²) in [7, 11) is 1.48. The number of fused-ring (bicyclic) bond motifs is 1. The molecule has 0 unspecified atom stereocenters. The molecule has 0 saturated carbocycles. The number of benzene rings is 1. The molecule has 2 aromatic rings. The summed E-state index contributed by atoms with van der Waals surface area (Å²) in [4.78, 5) is 21.6. The van der Waals surface area contributed by atoms with Crippen molar-refractivity contribution in [3.8, 4) is 5.75 Å². The summed E-state index contributed by atoms with van der Waals surface area (Å²) in [5, 5.41) is 11.8. The predicted molar refractivity (Wildman–Crippen MR) is 61.4 cm³/mol. The van der Waals surface area contributed by atoms with Crippen LogP contribution in [0, 0.1) is 10.1 Å². The topological polar surface area (TPSA) is 74.4 Å². The van der Waals surface area contributed by atoms with E-state index in [4.69, 9.17) is 4.74 Å². The quantitative estimate of drug-likeness (QED) is 0.589. The molecule has 0 aliphatic heterocycles. The molecule has 0 amide bonds. The summed E-state index contributed by atoms with van der Waals surface area (Å²) in [6.45, 7) is 1.39. The van der Waals surface area contributed by atoms with E-state index in [0.29, 0.717) is 16.5 Å². The van der Waals surface area contributed by atoms with E-state index in [2.05, 4.69) is 0 Å². The number of hydrogen-bond donors (Lipinski definition) is 0. The largest absolute Gasteiger partial charge is 0.496 e. The Bertz CT molecular complexity index is 615. The van der Waals surface area contributed by atoms with E-state index in [9.17, 15) is 14.9 Å². The number of aromatic nitrogens is 1. The van der Waals surface area contributed by atoms with Gasteiger partial charge in [-0.3, -0.25) is 19.5 Å². The standard InChI is InChI=1S/C11H10N2O4/c1-7(14)12-5-8-9(6-12)11(17-2)4-3-10(8)13(15)16/h3-6H,1-2H3. The van der Waals surface area contributed by atoms with Crippen LogP contribution in [0.15, 0.2) is 24.5 Å². The fraction of sp³-hybridized carbons (Fsp3) is 0.182. The van der Waals surface area contributed by atoms with Crippen LogP contribution < -0.4 is 4.74 Å². The maximum atomic E-state index is 11.2. The zero-order valence-corrected chi connectivity index (χ0v) is 9.34. The highest BCUT2D eigenvalue weighted by molar-refractivity contribution is 5.98. The van der Waals surface area contributed by atoms with Gasteiger partial charge in [-0.25, -0.2) is 0 Å². The highest BCUT2D eigenvalue weighted by Crippen LogP contribution is 2.33. The number of hydrogen-bond acceptors (Lipinski definition) is 4. The smallest absolute Gasteiger partial charge is 0.279 e. The van der Waals surface area contributed by atoms with Crippen LogP contribution in [0.1, 0.15) is 11.7 Å². The molecule has 1 aromatic heterocycles. The SMILES string of the molecule is COc1ccc([N+](=O)[O-])c2cn(C(C)=O)cc12. The number of nitro benzene ring substituents is 1. The van der Waals surface area contributed by atoms with Gasteiger partial charge in [0.2, 0.25) is 5.91 Å². The third kappa shape index (κ3) is 1.73. The molecule has 0 N–H and O–H groups in total. The molecule has 0 saturated heterocycles. The van der Waals surface area contributed by atoms with Crippen LogP contribution in [0.25, 0.3) is 10.8 Å². The maximum Gasteiger partial charge on any atom is 0.279 e. The molecule has 1 heterocycles. The molecule has 1 aromatic carbocycles. The molecule has 88 valence electrons. The number of methoxy groups -OCH3 is 1. The van der Waals surface area contributed by atoms with Crippen LogP contribution in [0.2, 0.25) is 0 Å². The van der Waals surface area contributed by atoms with Crippen molar-refractivity contribution in [1.29, 1.82) is 0 Å². The number of non-ortho nitro benzene ring substituents is 1. The maximum absolute atomic E-state index is 11.2. The first-order valence-electron chi connectivity index (χ1n) is 4.88. The van der Waals surface area contributed by atoms with Crippen molar-refractivity contribution in [2.24, 2.45) is 0 Å². The van der Waals surface area contributed by atoms with Gasteiger partial charge >= 0.3 is 0 Å². The van der Waals surface area contributed by atoms with Crippen LogP contribution in [-0.2, 0) is 0 Å². The zero-order valence-electron chi connectivity index (χ0n) is 9.34. The first-order chi connectivity index (χ1) is 8.04. The lowest BCUT2D eigenvalue weighted by Crippen LogP contribution is -2.00. The van der Waals surface area contributed by atoms with Gasteiger partial charge < -0.3 is 4.74 Å². The normalized spacial score (nSPS) is 10.5. The monoisotopic (exact) mass is 234 g/mol. The Kier molecular flexibility index (Phi) is 2.55. The minimum atomic E-state index is -0.480. The predicted octanol–water partition coefficient (Wildman–Crippen LogP) is 2.22. The van der Waals surface area contributed by atoms with Crippen LogP contribution in [-0.4, -0.2) is 22.5 Å². The lowest BCUT2D eigenvalue weighted by molar-refractivity contribution is -0.383. The third-order valence-corrected chi connectivity index (χ3v) is 2.54. The number of carbonyl (C=O) groups excluding carboxylic acids is 1. The van der Waals surface area contributed by atoms with E-state index < -0.39 is 4.92 Å². The van der Waals surface area contributed by atoms with Crippen molar-refractivity contribution in [2.75, 3.05) is 7.11 Å². The molecular formula is C11H10N2O4. The molecule has 6 nitrogen and oxygen atoms in total. The minimum absolute atomic E-state index is 0.0409. The molecular weight excluding hydrogens is 224 g/mol. The summed E-state index contributed by atoms with van der Waals surface area (Å²) in [6, 6.07) is 2.89. The van der Waals surface area contributed by atoms with Crippen molar-refractivity contribution in [3.63, 3.8) is 0 Å². The molecule has 17 heavy (non-hydrogen) atoms.